The first-order valence-corrected chi connectivity index (χ1v) is 5.53. The van der Waals surface area contributed by atoms with Crippen molar-refractivity contribution in [3.05, 3.63) is 60.2 Å². The molecule has 0 fully saturated rings. The van der Waals surface area contributed by atoms with Crippen LogP contribution in [0.2, 0.25) is 0 Å². The topological polar surface area (TPSA) is 0 Å². The van der Waals surface area contributed by atoms with Crippen LogP contribution in [0.25, 0.3) is 10.8 Å². The number of rotatable bonds is 3. The average molecular weight is 196 g/mol. The van der Waals surface area contributed by atoms with Gasteiger partial charge in [-0.05, 0) is 29.2 Å². The van der Waals surface area contributed by atoms with Crippen LogP contribution in [0.15, 0.2) is 54.6 Å². The van der Waals surface area contributed by atoms with E-state index in [0.717, 1.165) is 12.8 Å². The van der Waals surface area contributed by atoms with Crippen molar-refractivity contribution in [3.63, 3.8) is 0 Å². The molecule has 15 heavy (non-hydrogen) atoms. The summed E-state index contributed by atoms with van der Waals surface area (Å²) in [6, 6.07) is 15.1. The van der Waals surface area contributed by atoms with Gasteiger partial charge in [0.25, 0.3) is 0 Å². The third-order valence-corrected chi connectivity index (χ3v) is 2.62. The fourth-order valence-electron chi connectivity index (χ4n) is 1.85. The Hall–Kier alpha value is -1.56. The maximum atomic E-state index is 2.25. The first-order chi connectivity index (χ1) is 7.42. The van der Waals surface area contributed by atoms with Gasteiger partial charge in [-0.1, -0.05) is 61.5 Å². The molecule has 0 aliphatic heterocycles. The van der Waals surface area contributed by atoms with Gasteiger partial charge in [-0.25, -0.2) is 0 Å². The van der Waals surface area contributed by atoms with Crippen molar-refractivity contribution in [2.45, 2.75) is 19.8 Å². The monoisotopic (exact) mass is 196 g/mol. The van der Waals surface area contributed by atoms with Crippen LogP contribution in [0.5, 0.6) is 0 Å². The summed E-state index contributed by atoms with van der Waals surface area (Å²) in [7, 11) is 0. The van der Waals surface area contributed by atoms with E-state index >= 15 is 0 Å². The van der Waals surface area contributed by atoms with Crippen molar-refractivity contribution < 1.29 is 0 Å². The quantitative estimate of drug-likeness (QED) is 0.640. The van der Waals surface area contributed by atoms with Crippen LogP contribution in [0.1, 0.15) is 18.9 Å². The van der Waals surface area contributed by atoms with E-state index in [9.17, 15) is 0 Å². The third kappa shape index (κ3) is 2.27. The highest BCUT2D eigenvalue weighted by Crippen LogP contribution is 2.18. The normalized spacial score (nSPS) is 11.3. The van der Waals surface area contributed by atoms with E-state index in [1.54, 1.807) is 0 Å². The van der Waals surface area contributed by atoms with E-state index < -0.39 is 0 Å². The van der Waals surface area contributed by atoms with E-state index in [-0.39, 0.29) is 0 Å². The number of hydrogen-bond acceptors (Lipinski definition) is 0. The number of benzene rings is 2. The molecule has 76 valence electrons. The molecule has 0 atom stereocenters. The van der Waals surface area contributed by atoms with Crippen molar-refractivity contribution in [1.82, 2.24) is 0 Å². The van der Waals surface area contributed by atoms with Gasteiger partial charge < -0.3 is 0 Å². The lowest BCUT2D eigenvalue weighted by atomic mass is 10.0. The Morgan fingerprint density at radius 1 is 0.933 bits per heavy atom. The maximum Gasteiger partial charge on any atom is -0.00913 e. The van der Waals surface area contributed by atoms with Gasteiger partial charge >= 0.3 is 0 Å². The second kappa shape index (κ2) is 4.79. The molecule has 0 heteroatoms. The minimum atomic E-state index is 1.04. The molecule has 2 aromatic rings. The Labute approximate surface area is 91.2 Å². The van der Waals surface area contributed by atoms with Crippen LogP contribution in [-0.2, 0) is 6.42 Å². The number of hydrogen-bond donors (Lipinski definition) is 0. The van der Waals surface area contributed by atoms with Crippen molar-refractivity contribution >= 4 is 10.8 Å². The van der Waals surface area contributed by atoms with Gasteiger partial charge in [-0.3, -0.25) is 0 Å². The van der Waals surface area contributed by atoms with Crippen molar-refractivity contribution in [2.75, 3.05) is 0 Å². The fourth-order valence-corrected chi connectivity index (χ4v) is 1.85. The largest absolute Gasteiger partial charge is 0.0885 e. The van der Waals surface area contributed by atoms with Crippen LogP contribution < -0.4 is 0 Å². The van der Waals surface area contributed by atoms with Gasteiger partial charge in [-0.15, -0.1) is 0 Å². The SMILES string of the molecule is CCC=CCc1cccc2ccccc12. The van der Waals surface area contributed by atoms with Gasteiger partial charge in [0.2, 0.25) is 0 Å². The van der Waals surface area contributed by atoms with Gasteiger partial charge in [0, 0.05) is 0 Å². The van der Waals surface area contributed by atoms with Crippen LogP contribution in [0.4, 0.5) is 0 Å². The summed E-state index contributed by atoms with van der Waals surface area (Å²) in [5, 5.41) is 2.71. The summed E-state index contributed by atoms with van der Waals surface area (Å²) in [4.78, 5) is 0. The molecular weight excluding hydrogens is 180 g/mol. The molecule has 0 heterocycles. The van der Waals surface area contributed by atoms with E-state index in [1.807, 2.05) is 0 Å². The molecule has 0 aliphatic rings. The van der Waals surface area contributed by atoms with Gasteiger partial charge in [0.05, 0.1) is 0 Å². The first-order valence-electron chi connectivity index (χ1n) is 5.53. The average Bonchev–Trinajstić information content (AvgIpc) is 2.30. The van der Waals surface area contributed by atoms with E-state index in [4.69, 9.17) is 0 Å². The molecule has 2 aromatic carbocycles. The molecule has 0 amide bonds. The molecule has 0 bridgehead atoms. The smallest absolute Gasteiger partial charge is 0.00913 e. The Morgan fingerprint density at radius 2 is 1.73 bits per heavy atom. The fraction of sp³-hybridized carbons (Fsp3) is 0.200. The van der Waals surface area contributed by atoms with Crippen molar-refractivity contribution in [2.24, 2.45) is 0 Å². The van der Waals surface area contributed by atoms with Crippen molar-refractivity contribution in [1.29, 1.82) is 0 Å². The van der Waals surface area contributed by atoms with Crippen LogP contribution >= 0.6 is 0 Å². The lowest BCUT2D eigenvalue weighted by Gasteiger charge is -2.03. The Morgan fingerprint density at radius 3 is 2.60 bits per heavy atom. The number of allylic oxidation sites excluding steroid dienone is 2. The molecule has 0 spiro atoms. The molecule has 0 unspecified atom stereocenters. The Balaban J connectivity index is 2.38. The van der Waals surface area contributed by atoms with Crippen LogP contribution in [-0.4, -0.2) is 0 Å². The highest BCUT2D eigenvalue weighted by molar-refractivity contribution is 5.85. The predicted octanol–water partition coefficient (Wildman–Crippen LogP) is 4.35. The van der Waals surface area contributed by atoms with Crippen LogP contribution in [0, 0.1) is 0 Å². The Kier molecular flexibility index (Phi) is 3.18. The summed E-state index contributed by atoms with van der Waals surface area (Å²) in [6.07, 6.45) is 6.63. The second-order valence-corrected chi connectivity index (χ2v) is 3.72. The van der Waals surface area contributed by atoms with Gasteiger partial charge in [0.1, 0.15) is 0 Å². The highest BCUT2D eigenvalue weighted by atomic mass is 14.0. The summed E-state index contributed by atoms with van der Waals surface area (Å²) in [5.74, 6) is 0. The molecule has 0 nitrogen and oxygen atoms in total. The summed E-state index contributed by atoms with van der Waals surface area (Å²) < 4.78 is 0. The number of fused-ring (bicyclic) bond motifs is 1. The zero-order valence-corrected chi connectivity index (χ0v) is 9.11. The predicted molar refractivity (Wildman–Crippen MR) is 67.1 cm³/mol. The minimum Gasteiger partial charge on any atom is -0.0885 e. The molecule has 0 saturated carbocycles. The molecule has 0 aromatic heterocycles. The first kappa shape index (κ1) is 9.97. The minimum absolute atomic E-state index is 1.04. The molecule has 0 radical (unpaired) electrons. The van der Waals surface area contributed by atoms with E-state index in [0.29, 0.717) is 0 Å². The molecule has 0 aliphatic carbocycles. The molecule has 0 saturated heterocycles. The lowest BCUT2D eigenvalue weighted by molar-refractivity contribution is 1.18. The van der Waals surface area contributed by atoms with E-state index in [2.05, 4.69) is 61.5 Å². The molecular formula is C15H16. The van der Waals surface area contributed by atoms with Crippen molar-refractivity contribution in [3.8, 4) is 0 Å². The van der Waals surface area contributed by atoms with Crippen LogP contribution in [0.3, 0.4) is 0 Å². The zero-order valence-electron chi connectivity index (χ0n) is 9.11. The maximum absolute atomic E-state index is 2.25. The molecule has 0 N–H and O–H groups in total. The summed E-state index contributed by atoms with van der Waals surface area (Å²) in [6.45, 7) is 2.17. The third-order valence-electron chi connectivity index (χ3n) is 2.62. The standard InChI is InChI=1S/C15H16/c1-2-3-4-8-13-10-7-11-14-9-5-6-12-15(13)14/h3-7,9-12H,2,8H2,1H3. The zero-order chi connectivity index (χ0) is 10.5. The van der Waals surface area contributed by atoms with E-state index in [1.165, 1.54) is 16.3 Å². The lowest BCUT2D eigenvalue weighted by Crippen LogP contribution is -1.83. The Bertz CT molecular complexity index is 461. The van der Waals surface area contributed by atoms with Gasteiger partial charge in [0.15, 0.2) is 0 Å². The van der Waals surface area contributed by atoms with Gasteiger partial charge in [-0.2, -0.15) is 0 Å². The molecule has 2 rings (SSSR count). The summed E-state index contributed by atoms with van der Waals surface area (Å²) >= 11 is 0. The second-order valence-electron chi connectivity index (χ2n) is 3.72. The highest BCUT2D eigenvalue weighted by Gasteiger charge is 1.96. The summed E-state index contributed by atoms with van der Waals surface area (Å²) in [5.41, 5.74) is 1.41.